The minimum absolute atomic E-state index is 0.413. The molecule has 2 N–H and O–H groups in total. The van der Waals surface area contributed by atoms with Gasteiger partial charge < -0.3 is 10.5 Å². The second kappa shape index (κ2) is 3.96. The van der Waals surface area contributed by atoms with Crippen molar-refractivity contribution in [1.82, 2.24) is 0 Å². The highest BCUT2D eigenvalue weighted by atomic mass is 16.5. The zero-order valence-electron chi connectivity index (χ0n) is 8.33. The molecule has 1 aromatic carbocycles. The molecule has 0 bridgehead atoms. The van der Waals surface area contributed by atoms with Crippen LogP contribution in [0.4, 0.5) is 5.69 Å². The van der Waals surface area contributed by atoms with Crippen LogP contribution < -0.4 is 5.73 Å². The topological polar surface area (TPSA) is 52.3 Å². The van der Waals surface area contributed by atoms with Crippen molar-refractivity contribution in [1.29, 1.82) is 0 Å². The van der Waals surface area contributed by atoms with Crippen LogP contribution >= 0.6 is 0 Å². The summed E-state index contributed by atoms with van der Waals surface area (Å²) < 4.78 is 4.64. The fourth-order valence-electron chi connectivity index (χ4n) is 1.34. The molecule has 0 spiro atoms. The van der Waals surface area contributed by atoms with Gasteiger partial charge in [0.15, 0.2) is 0 Å². The van der Waals surface area contributed by atoms with Crippen molar-refractivity contribution >= 4 is 17.7 Å². The molecule has 1 aromatic rings. The standard InChI is InChI=1S/C11H13NO2/c1-4-8-5-6-9(12)10(7(8)2)11(13)14-3/h4-6H,1,12H2,2-3H3. The Morgan fingerprint density at radius 3 is 2.71 bits per heavy atom. The van der Waals surface area contributed by atoms with Crippen LogP contribution in [0.5, 0.6) is 0 Å². The number of nitrogens with two attached hydrogens (primary N) is 1. The summed E-state index contributed by atoms with van der Waals surface area (Å²) in [5.74, 6) is -0.413. The first-order valence-electron chi connectivity index (χ1n) is 4.21. The number of methoxy groups -OCH3 is 1. The zero-order valence-corrected chi connectivity index (χ0v) is 8.33. The fraction of sp³-hybridized carbons (Fsp3) is 0.182. The van der Waals surface area contributed by atoms with Crippen LogP contribution in [0.1, 0.15) is 21.5 Å². The van der Waals surface area contributed by atoms with Gasteiger partial charge in [-0.05, 0) is 24.1 Å². The summed E-state index contributed by atoms with van der Waals surface area (Å²) in [5.41, 5.74) is 8.22. The smallest absolute Gasteiger partial charge is 0.340 e. The average Bonchev–Trinajstić information content (AvgIpc) is 2.18. The maximum atomic E-state index is 11.4. The third kappa shape index (κ3) is 1.62. The van der Waals surface area contributed by atoms with Gasteiger partial charge in [0, 0.05) is 5.69 Å². The molecule has 0 saturated heterocycles. The monoisotopic (exact) mass is 191 g/mol. The Morgan fingerprint density at radius 2 is 2.21 bits per heavy atom. The van der Waals surface area contributed by atoms with Crippen LogP contribution in [0.15, 0.2) is 18.7 Å². The van der Waals surface area contributed by atoms with E-state index in [1.807, 2.05) is 13.0 Å². The van der Waals surface area contributed by atoms with Gasteiger partial charge in [-0.2, -0.15) is 0 Å². The lowest BCUT2D eigenvalue weighted by Gasteiger charge is -2.09. The van der Waals surface area contributed by atoms with E-state index >= 15 is 0 Å². The van der Waals surface area contributed by atoms with Crippen molar-refractivity contribution in [2.75, 3.05) is 12.8 Å². The van der Waals surface area contributed by atoms with Crippen LogP contribution in [0.25, 0.3) is 6.08 Å². The highest BCUT2D eigenvalue weighted by molar-refractivity contribution is 5.97. The predicted molar refractivity (Wildman–Crippen MR) is 57.0 cm³/mol. The third-order valence-corrected chi connectivity index (χ3v) is 2.15. The number of hydrogen-bond acceptors (Lipinski definition) is 3. The van der Waals surface area contributed by atoms with Crippen molar-refractivity contribution < 1.29 is 9.53 Å². The Morgan fingerprint density at radius 1 is 1.57 bits per heavy atom. The molecule has 0 aromatic heterocycles. The van der Waals surface area contributed by atoms with E-state index in [-0.39, 0.29) is 0 Å². The van der Waals surface area contributed by atoms with E-state index in [0.717, 1.165) is 11.1 Å². The lowest BCUT2D eigenvalue weighted by molar-refractivity contribution is 0.0601. The van der Waals surface area contributed by atoms with Gasteiger partial charge in [0.2, 0.25) is 0 Å². The lowest BCUT2D eigenvalue weighted by atomic mass is 10.0. The largest absolute Gasteiger partial charge is 0.465 e. The molecule has 0 fully saturated rings. The van der Waals surface area contributed by atoms with Gasteiger partial charge in [0.05, 0.1) is 12.7 Å². The number of benzene rings is 1. The second-order valence-corrected chi connectivity index (χ2v) is 2.94. The number of nitrogen functional groups attached to an aromatic ring is 1. The van der Waals surface area contributed by atoms with Crippen molar-refractivity contribution in [2.45, 2.75) is 6.92 Å². The average molecular weight is 191 g/mol. The van der Waals surface area contributed by atoms with Crippen LogP contribution in [0.3, 0.4) is 0 Å². The molecule has 0 radical (unpaired) electrons. The second-order valence-electron chi connectivity index (χ2n) is 2.94. The molecule has 74 valence electrons. The van der Waals surface area contributed by atoms with E-state index < -0.39 is 5.97 Å². The molecule has 14 heavy (non-hydrogen) atoms. The third-order valence-electron chi connectivity index (χ3n) is 2.15. The summed E-state index contributed by atoms with van der Waals surface area (Å²) in [6, 6.07) is 3.50. The highest BCUT2D eigenvalue weighted by Crippen LogP contribution is 2.22. The maximum Gasteiger partial charge on any atom is 0.340 e. The van der Waals surface area contributed by atoms with Gasteiger partial charge in [-0.25, -0.2) is 4.79 Å². The van der Waals surface area contributed by atoms with E-state index in [9.17, 15) is 4.79 Å². The number of ether oxygens (including phenoxy) is 1. The number of anilines is 1. The zero-order chi connectivity index (χ0) is 10.7. The Hall–Kier alpha value is -1.77. The van der Waals surface area contributed by atoms with Crippen LogP contribution in [-0.4, -0.2) is 13.1 Å². The van der Waals surface area contributed by atoms with Crippen LogP contribution in [0.2, 0.25) is 0 Å². The molecule has 0 aliphatic carbocycles. The molecule has 0 amide bonds. The molecule has 3 nitrogen and oxygen atoms in total. The number of rotatable bonds is 2. The van der Waals surface area contributed by atoms with Crippen molar-refractivity contribution in [2.24, 2.45) is 0 Å². The molecule has 0 unspecified atom stereocenters. The van der Waals surface area contributed by atoms with Crippen LogP contribution in [0, 0.1) is 6.92 Å². The lowest BCUT2D eigenvalue weighted by Crippen LogP contribution is -2.08. The number of esters is 1. The van der Waals surface area contributed by atoms with Gasteiger partial charge in [-0.1, -0.05) is 18.7 Å². The summed E-state index contributed by atoms with van der Waals surface area (Å²) in [7, 11) is 1.34. The first-order chi connectivity index (χ1) is 6.61. The summed E-state index contributed by atoms with van der Waals surface area (Å²) in [5, 5.41) is 0. The Bertz CT molecular complexity index is 383. The van der Waals surface area contributed by atoms with Crippen molar-refractivity contribution in [3.8, 4) is 0 Å². The summed E-state index contributed by atoms with van der Waals surface area (Å²) in [6.45, 7) is 5.47. The van der Waals surface area contributed by atoms with Crippen molar-refractivity contribution in [3.63, 3.8) is 0 Å². The van der Waals surface area contributed by atoms with E-state index in [1.165, 1.54) is 7.11 Å². The van der Waals surface area contributed by atoms with Gasteiger partial charge >= 0.3 is 5.97 Å². The maximum absolute atomic E-state index is 11.4. The molecule has 0 heterocycles. The first-order valence-corrected chi connectivity index (χ1v) is 4.21. The summed E-state index contributed by atoms with van der Waals surface area (Å²) in [4.78, 5) is 11.4. The van der Waals surface area contributed by atoms with Gasteiger partial charge in [-0.15, -0.1) is 0 Å². The van der Waals surface area contributed by atoms with E-state index in [1.54, 1.807) is 12.1 Å². The van der Waals surface area contributed by atoms with Gasteiger partial charge in [0.25, 0.3) is 0 Å². The molecule has 3 heteroatoms. The van der Waals surface area contributed by atoms with Crippen molar-refractivity contribution in [3.05, 3.63) is 35.4 Å². The molecular formula is C11H13NO2. The molecule has 0 aliphatic rings. The minimum atomic E-state index is -0.413. The first kappa shape index (κ1) is 10.3. The van der Waals surface area contributed by atoms with Gasteiger partial charge in [0.1, 0.15) is 0 Å². The quantitative estimate of drug-likeness (QED) is 0.574. The summed E-state index contributed by atoms with van der Waals surface area (Å²) in [6.07, 6.45) is 1.68. The highest BCUT2D eigenvalue weighted by Gasteiger charge is 2.14. The Balaban J connectivity index is 3.39. The number of carbonyl (C=O) groups is 1. The molecular weight excluding hydrogens is 178 g/mol. The molecule has 0 saturated carbocycles. The predicted octanol–water partition coefficient (Wildman–Crippen LogP) is 2.01. The van der Waals surface area contributed by atoms with E-state index in [0.29, 0.717) is 11.3 Å². The summed E-state index contributed by atoms with van der Waals surface area (Å²) >= 11 is 0. The Kier molecular flexibility index (Phi) is 2.92. The number of hydrogen-bond donors (Lipinski definition) is 1. The Labute approximate surface area is 83.2 Å². The normalized spacial score (nSPS) is 9.57. The van der Waals surface area contributed by atoms with E-state index in [4.69, 9.17) is 5.73 Å². The minimum Gasteiger partial charge on any atom is -0.465 e. The number of carbonyl (C=O) groups excluding carboxylic acids is 1. The SMILES string of the molecule is C=Cc1ccc(N)c(C(=O)OC)c1C. The van der Waals surface area contributed by atoms with Gasteiger partial charge in [-0.3, -0.25) is 0 Å². The fourth-order valence-corrected chi connectivity index (χ4v) is 1.34. The molecule has 1 rings (SSSR count). The molecule has 0 atom stereocenters. The van der Waals surface area contributed by atoms with E-state index in [2.05, 4.69) is 11.3 Å². The molecule has 0 aliphatic heterocycles. The van der Waals surface area contributed by atoms with Crippen LogP contribution in [-0.2, 0) is 4.74 Å².